The molecule has 0 saturated heterocycles. The van der Waals surface area contributed by atoms with Gasteiger partial charge in [-0.15, -0.1) is 0 Å². The minimum atomic E-state index is -0.437. The van der Waals surface area contributed by atoms with Crippen LogP contribution in [-0.2, 0) is 0 Å². The standard InChI is InChI=1S/C20H19ClN4O4/c1-27-17-9-6-13(18(28-2)19(17)29-3)11-22-25-20(26)16-10-15(23-24-16)12-4-7-14(21)8-5-12/h4-11H,1-3H3,(H,23,24)(H,25,26)/b22-11-. The number of ether oxygens (including phenoxy) is 3. The number of hydrogen-bond acceptors (Lipinski definition) is 6. The van der Waals surface area contributed by atoms with Crippen LogP contribution >= 0.6 is 11.6 Å². The summed E-state index contributed by atoms with van der Waals surface area (Å²) >= 11 is 5.89. The van der Waals surface area contributed by atoms with Gasteiger partial charge in [-0.2, -0.15) is 10.2 Å². The minimum Gasteiger partial charge on any atom is -0.493 e. The molecule has 1 amide bonds. The van der Waals surface area contributed by atoms with Gasteiger partial charge in [0.15, 0.2) is 11.5 Å². The highest BCUT2D eigenvalue weighted by Gasteiger charge is 2.15. The third-order valence-electron chi connectivity index (χ3n) is 4.07. The largest absolute Gasteiger partial charge is 0.493 e. The number of nitrogens with one attached hydrogen (secondary N) is 2. The number of benzene rings is 2. The molecular formula is C20H19ClN4O4. The molecule has 29 heavy (non-hydrogen) atoms. The first-order valence-electron chi connectivity index (χ1n) is 8.51. The number of hydrogen-bond donors (Lipinski definition) is 2. The number of methoxy groups -OCH3 is 3. The SMILES string of the molecule is COc1ccc(/C=N\NC(=O)c2cc(-c3ccc(Cl)cc3)n[nH]2)c(OC)c1OC. The van der Waals surface area contributed by atoms with Crippen LogP contribution in [0.5, 0.6) is 17.2 Å². The Bertz CT molecular complexity index is 1030. The molecule has 2 aromatic carbocycles. The number of carbonyl (C=O) groups is 1. The van der Waals surface area contributed by atoms with Gasteiger partial charge in [0.25, 0.3) is 5.91 Å². The summed E-state index contributed by atoms with van der Waals surface area (Å²) in [5.74, 6) is 0.967. The zero-order valence-electron chi connectivity index (χ0n) is 16.0. The normalized spacial score (nSPS) is 10.8. The Kier molecular flexibility index (Phi) is 6.36. The molecule has 0 aliphatic heterocycles. The van der Waals surface area contributed by atoms with Gasteiger partial charge >= 0.3 is 0 Å². The van der Waals surface area contributed by atoms with Gasteiger partial charge < -0.3 is 14.2 Å². The van der Waals surface area contributed by atoms with Crippen LogP contribution in [0.1, 0.15) is 16.1 Å². The van der Waals surface area contributed by atoms with Gasteiger partial charge in [0, 0.05) is 16.1 Å². The molecule has 2 N–H and O–H groups in total. The lowest BCUT2D eigenvalue weighted by Crippen LogP contribution is -2.18. The van der Waals surface area contributed by atoms with E-state index in [1.165, 1.54) is 27.5 Å². The Morgan fingerprint density at radius 3 is 2.45 bits per heavy atom. The topological polar surface area (TPSA) is 97.8 Å². The van der Waals surface area contributed by atoms with Gasteiger partial charge in [0.1, 0.15) is 5.69 Å². The summed E-state index contributed by atoms with van der Waals surface area (Å²) in [6, 6.07) is 12.2. The number of aromatic amines is 1. The molecule has 0 unspecified atom stereocenters. The van der Waals surface area contributed by atoms with Gasteiger partial charge in [0.2, 0.25) is 5.75 Å². The van der Waals surface area contributed by atoms with E-state index < -0.39 is 5.91 Å². The quantitative estimate of drug-likeness (QED) is 0.455. The fourth-order valence-corrected chi connectivity index (χ4v) is 2.78. The summed E-state index contributed by atoms with van der Waals surface area (Å²) in [6.45, 7) is 0. The Labute approximate surface area is 172 Å². The first-order chi connectivity index (χ1) is 14.1. The van der Waals surface area contributed by atoms with Gasteiger partial charge in [-0.3, -0.25) is 9.89 Å². The van der Waals surface area contributed by atoms with E-state index in [2.05, 4.69) is 20.7 Å². The molecule has 0 radical (unpaired) electrons. The molecule has 0 spiro atoms. The fraction of sp³-hybridized carbons (Fsp3) is 0.150. The van der Waals surface area contributed by atoms with E-state index in [1.54, 1.807) is 30.3 Å². The van der Waals surface area contributed by atoms with Gasteiger partial charge in [-0.1, -0.05) is 23.7 Å². The van der Waals surface area contributed by atoms with Crippen LogP contribution in [0.2, 0.25) is 5.02 Å². The zero-order chi connectivity index (χ0) is 20.8. The Morgan fingerprint density at radius 1 is 1.07 bits per heavy atom. The van der Waals surface area contributed by atoms with Crippen molar-refractivity contribution >= 4 is 23.7 Å². The highest BCUT2D eigenvalue weighted by molar-refractivity contribution is 6.30. The van der Waals surface area contributed by atoms with Crippen molar-refractivity contribution in [3.8, 4) is 28.5 Å². The number of aromatic nitrogens is 2. The lowest BCUT2D eigenvalue weighted by atomic mass is 10.1. The van der Waals surface area contributed by atoms with Crippen molar-refractivity contribution in [2.24, 2.45) is 5.10 Å². The summed E-state index contributed by atoms with van der Waals surface area (Å²) in [6.07, 6.45) is 1.45. The maximum atomic E-state index is 12.3. The molecule has 150 valence electrons. The van der Waals surface area contributed by atoms with Crippen LogP contribution in [0, 0.1) is 0 Å². The van der Waals surface area contributed by atoms with Gasteiger partial charge in [-0.25, -0.2) is 5.43 Å². The zero-order valence-corrected chi connectivity index (χ0v) is 16.8. The Hall–Kier alpha value is -3.52. The van der Waals surface area contributed by atoms with Crippen molar-refractivity contribution in [3.63, 3.8) is 0 Å². The van der Waals surface area contributed by atoms with Crippen LogP contribution in [0.25, 0.3) is 11.3 Å². The summed E-state index contributed by atoms with van der Waals surface area (Å²) in [5, 5.41) is 11.4. The molecule has 9 heteroatoms. The molecule has 8 nitrogen and oxygen atoms in total. The maximum Gasteiger partial charge on any atom is 0.289 e. The summed E-state index contributed by atoms with van der Waals surface area (Å²) in [4.78, 5) is 12.3. The van der Waals surface area contributed by atoms with E-state index in [0.29, 0.717) is 33.5 Å². The van der Waals surface area contributed by atoms with E-state index >= 15 is 0 Å². The van der Waals surface area contributed by atoms with Crippen molar-refractivity contribution in [2.45, 2.75) is 0 Å². The summed E-state index contributed by atoms with van der Waals surface area (Å²) in [7, 11) is 4.56. The molecule has 1 aromatic heterocycles. The predicted molar refractivity (Wildman–Crippen MR) is 110 cm³/mol. The summed E-state index contributed by atoms with van der Waals surface area (Å²) < 4.78 is 15.9. The first kappa shape index (κ1) is 20.2. The highest BCUT2D eigenvalue weighted by Crippen LogP contribution is 2.38. The van der Waals surface area contributed by atoms with Gasteiger partial charge in [0.05, 0.1) is 33.2 Å². The van der Waals surface area contributed by atoms with Crippen molar-refractivity contribution in [1.82, 2.24) is 15.6 Å². The molecule has 0 saturated carbocycles. The van der Waals surface area contributed by atoms with Crippen LogP contribution < -0.4 is 19.6 Å². The molecule has 3 aromatic rings. The second-order valence-electron chi connectivity index (χ2n) is 5.80. The lowest BCUT2D eigenvalue weighted by Gasteiger charge is -2.13. The number of carbonyl (C=O) groups excluding carboxylic acids is 1. The fourth-order valence-electron chi connectivity index (χ4n) is 2.65. The Morgan fingerprint density at radius 2 is 1.79 bits per heavy atom. The molecule has 0 atom stereocenters. The average Bonchev–Trinajstić information content (AvgIpc) is 3.24. The maximum absolute atomic E-state index is 12.3. The molecule has 0 fully saturated rings. The van der Waals surface area contributed by atoms with Crippen molar-refractivity contribution in [1.29, 1.82) is 0 Å². The molecule has 3 rings (SSSR count). The predicted octanol–water partition coefficient (Wildman–Crippen LogP) is 3.52. The van der Waals surface area contributed by atoms with Crippen molar-refractivity contribution in [2.75, 3.05) is 21.3 Å². The monoisotopic (exact) mass is 414 g/mol. The second-order valence-corrected chi connectivity index (χ2v) is 6.23. The third-order valence-corrected chi connectivity index (χ3v) is 4.32. The number of amides is 1. The third kappa shape index (κ3) is 4.49. The molecule has 0 bridgehead atoms. The number of nitrogens with zero attached hydrogens (tertiary/aromatic N) is 2. The Balaban J connectivity index is 1.73. The van der Waals surface area contributed by atoms with E-state index in [9.17, 15) is 4.79 Å². The van der Waals surface area contributed by atoms with Crippen molar-refractivity contribution in [3.05, 3.63) is 58.7 Å². The van der Waals surface area contributed by atoms with Gasteiger partial charge in [-0.05, 0) is 30.3 Å². The number of H-pyrrole nitrogens is 1. The van der Waals surface area contributed by atoms with E-state index in [4.69, 9.17) is 25.8 Å². The van der Waals surface area contributed by atoms with Crippen molar-refractivity contribution < 1.29 is 19.0 Å². The molecular weight excluding hydrogens is 396 g/mol. The first-order valence-corrected chi connectivity index (χ1v) is 8.89. The molecule has 1 heterocycles. The lowest BCUT2D eigenvalue weighted by molar-refractivity contribution is 0.0950. The van der Waals surface area contributed by atoms with Crippen LogP contribution in [-0.4, -0.2) is 43.6 Å². The average molecular weight is 415 g/mol. The van der Waals surface area contributed by atoms with Crippen LogP contribution in [0.4, 0.5) is 0 Å². The molecule has 0 aliphatic rings. The van der Waals surface area contributed by atoms with E-state index in [-0.39, 0.29) is 5.69 Å². The highest BCUT2D eigenvalue weighted by atomic mass is 35.5. The smallest absolute Gasteiger partial charge is 0.289 e. The minimum absolute atomic E-state index is 0.270. The van der Waals surface area contributed by atoms with Crippen LogP contribution in [0.15, 0.2) is 47.6 Å². The molecule has 0 aliphatic carbocycles. The number of halogens is 1. The van der Waals surface area contributed by atoms with E-state index in [0.717, 1.165) is 5.56 Å². The second kappa shape index (κ2) is 9.11. The number of hydrazone groups is 1. The van der Waals surface area contributed by atoms with E-state index in [1.807, 2.05) is 12.1 Å². The summed E-state index contributed by atoms with van der Waals surface area (Å²) in [5.41, 5.74) is 4.79. The number of rotatable bonds is 7. The van der Waals surface area contributed by atoms with Crippen LogP contribution in [0.3, 0.4) is 0 Å².